The van der Waals surface area contributed by atoms with Gasteiger partial charge in [-0.15, -0.1) is 0 Å². The maximum atomic E-state index is 3.98. The average Bonchev–Trinajstić information content (AvgIpc) is 3.84. The van der Waals surface area contributed by atoms with Crippen molar-refractivity contribution >= 4 is 43.4 Å². The third-order valence-electron chi connectivity index (χ3n) is 12.2. The molecule has 0 aliphatic rings. The van der Waals surface area contributed by atoms with Gasteiger partial charge in [-0.2, -0.15) is 0 Å². The van der Waals surface area contributed by atoms with E-state index in [1.807, 2.05) is 114 Å². The molecule has 14 aromatic rings. The minimum atomic E-state index is 0.759. The first kappa shape index (κ1) is 65.3. The molecule has 7 aromatic carbocycles. The zero-order valence-electron chi connectivity index (χ0n) is 50.6. The molecule has 0 bridgehead atoms. The first-order chi connectivity index (χ1) is 41.4. The van der Waals surface area contributed by atoms with Crippen LogP contribution in [0.25, 0.3) is 43.4 Å². The molecule has 85 heavy (non-hydrogen) atoms. The molecule has 0 fully saturated rings. The van der Waals surface area contributed by atoms with Crippen molar-refractivity contribution in [1.29, 1.82) is 0 Å². The fourth-order valence-corrected chi connectivity index (χ4v) is 7.70. The van der Waals surface area contributed by atoms with Crippen molar-refractivity contribution in [3.05, 3.63) is 338 Å². The Morgan fingerprint density at radius 2 is 0.776 bits per heavy atom. The molecule has 0 aliphatic heterocycles. The van der Waals surface area contributed by atoms with Crippen LogP contribution in [0.1, 0.15) is 50.9 Å². The van der Waals surface area contributed by atoms with Crippen molar-refractivity contribution < 1.29 is 0 Å². The third-order valence-corrected chi connectivity index (χ3v) is 12.2. The molecular weight excluding hydrogens is 1040 g/mol. The topological polar surface area (TPSA) is 134 Å². The Bertz CT molecular complexity index is 3550. The van der Waals surface area contributed by atoms with Gasteiger partial charge in [-0.3, -0.25) is 15.0 Å². The van der Waals surface area contributed by atoms with Crippen LogP contribution in [0.3, 0.4) is 0 Å². The molecule has 0 unspecified atom stereocenters. The summed E-state index contributed by atoms with van der Waals surface area (Å²) in [5.74, 6) is 1.58. The zero-order chi connectivity index (χ0) is 60.7. The highest BCUT2D eigenvalue weighted by atomic mass is 15.0. The zero-order valence-corrected chi connectivity index (χ0v) is 50.6. The number of fused-ring (bicyclic) bond motifs is 5. The molecule has 0 atom stereocenters. The van der Waals surface area contributed by atoms with E-state index in [-0.39, 0.29) is 0 Å². The lowest BCUT2D eigenvalue weighted by atomic mass is 10.1. The second kappa shape index (κ2) is 38.2. The van der Waals surface area contributed by atoms with Crippen LogP contribution >= 0.6 is 0 Å². The summed E-state index contributed by atoms with van der Waals surface area (Å²) in [7, 11) is 2.12. The SMILES string of the molecule is Cc1ccc2ccccc2c1.Cc1cccc2ccccc12.Cc1ccccc1.Cc1ccccn1.Cc1cccnc1.Cc1ccncc1.Cc1ccncn1.Cc1ncccn1.Cc1ncncn1.Cn1c2ccccc2c2ccccc21. The van der Waals surface area contributed by atoms with Crippen LogP contribution < -0.4 is 0 Å². The summed E-state index contributed by atoms with van der Waals surface area (Å²) in [6, 6.07) is 74.4. The largest absolute Gasteiger partial charge is 0.344 e. The van der Waals surface area contributed by atoms with Crippen molar-refractivity contribution in [3.63, 3.8) is 0 Å². The first-order valence-corrected chi connectivity index (χ1v) is 27.9. The van der Waals surface area contributed by atoms with Crippen LogP contribution in [0, 0.1) is 62.3 Å². The van der Waals surface area contributed by atoms with E-state index in [4.69, 9.17) is 0 Å². The Morgan fingerprint density at radius 3 is 1.21 bits per heavy atom. The van der Waals surface area contributed by atoms with Crippen molar-refractivity contribution in [2.75, 3.05) is 0 Å². The van der Waals surface area contributed by atoms with Gasteiger partial charge in [0.25, 0.3) is 0 Å². The highest BCUT2D eigenvalue weighted by Gasteiger charge is 2.05. The molecule has 11 nitrogen and oxygen atoms in total. The van der Waals surface area contributed by atoms with Crippen molar-refractivity contribution in [3.8, 4) is 0 Å². The van der Waals surface area contributed by atoms with E-state index >= 15 is 0 Å². The molecule has 0 spiro atoms. The van der Waals surface area contributed by atoms with Gasteiger partial charge in [0.1, 0.15) is 30.6 Å². The summed E-state index contributed by atoms with van der Waals surface area (Å²) < 4.78 is 2.24. The second-order valence-electron chi connectivity index (χ2n) is 19.3. The van der Waals surface area contributed by atoms with E-state index in [1.165, 1.54) is 90.1 Å². The van der Waals surface area contributed by atoms with Crippen LogP contribution in [-0.4, -0.2) is 54.4 Å². The Balaban J connectivity index is 0.000000175. The van der Waals surface area contributed by atoms with E-state index in [0.717, 1.165) is 23.0 Å². The third kappa shape index (κ3) is 25.9. The predicted octanol–water partition coefficient (Wildman–Crippen LogP) is 17.5. The monoisotopic (exact) mass is 1120 g/mol. The number of para-hydroxylation sites is 2. The fraction of sp³-hybridized carbons (Fsp3) is 0.135. The quantitative estimate of drug-likeness (QED) is 0.144. The standard InChI is InChI=1S/C13H11N.2C11H10.C7H8.3C6H7N.2C5H6N2.C4H5N3/c1-14-12-8-4-2-6-10(12)11-7-3-5-9-13(11)14;1-9-5-4-7-10-6-2-3-8-11(9)10;1-9-6-7-10-4-2-3-5-11(10)8-9;1-7-5-3-2-4-6-7;1-6-2-4-7-5-3-6;1-6-3-2-4-7-5-6;1-6-4-2-3-5-7-6;1-5-2-3-6-4-7-5;1-5-6-3-2-4-7-5;1-4-6-2-5-3-7-4/h2-9H,1H3;2*2-8H,1H3;2-6H,1H3;3*2-5H,1H3;2*2-4H,1H3;2-3H,1H3. The van der Waals surface area contributed by atoms with E-state index in [2.05, 4.69) is 228 Å². The minimum Gasteiger partial charge on any atom is -0.344 e. The van der Waals surface area contributed by atoms with Gasteiger partial charge in [0, 0.05) is 89.8 Å². The number of nitrogens with zero attached hydrogens (tertiary/aromatic N) is 11. The second-order valence-corrected chi connectivity index (χ2v) is 19.3. The number of aromatic nitrogens is 11. The summed E-state index contributed by atoms with van der Waals surface area (Å²) >= 11 is 0. The Morgan fingerprint density at radius 1 is 0.271 bits per heavy atom. The van der Waals surface area contributed by atoms with Gasteiger partial charge in [0.15, 0.2) is 0 Å². The molecule has 0 amide bonds. The normalized spacial score (nSPS) is 9.53. The molecule has 11 heteroatoms. The lowest BCUT2D eigenvalue weighted by molar-refractivity contribution is 0.974. The maximum Gasteiger partial charge on any atom is 0.128 e. The van der Waals surface area contributed by atoms with Gasteiger partial charge < -0.3 is 4.57 Å². The van der Waals surface area contributed by atoms with Crippen molar-refractivity contribution in [1.82, 2.24) is 54.4 Å². The summed E-state index contributed by atoms with van der Waals surface area (Å²) in [5.41, 5.74) is 11.1. The summed E-state index contributed by atoms with van der Waals surface area (Å²) in [5, 5.41) is 8.00. The van der Waals surface area contributed by atoms with Crippen LogP contribution in [0.5, 0.6) is 0 Å². The summed E-state index contributed by atoms with van der Waals surface area (Å²) in [6.07, 6.45) is 18.6. The molecule has 428 valence electrons. The number of rotatable bonds is 0. The van der Waals surface area contributed by atoms with Crippen LogP contribution in [-0.2, 0) is 7.05 Å². The number of aryl methyl sites for hydroxylation is 10. The lowest BCUT2D eigenvalue weighted by Gasteiger charge is -1.98. The van der Waals surface area contributed by atoms with Gasteiger partial charge in [0.2, 0.25) is 0 Å². The van der Waals surface area contributed by atoms with Gasteiger partial charge in [-0.1, -0.05) is 175 Å². The van der Waals surface area contributed by atoms with Crippen molar-refractivity contribution in [2.45, 2.75) is 62.3 Å². The smallest absolute Gasteiger partial charge is 0.128 e. The number of hydrogen-bond donors (Lipinski definition) is 0. The van der Waals surface area contributed by atoms with Crippen LogP contribution in [0.2, 0.25) is 0 Å². The Kier molecular flexibility index (Phi) is 29.4. The van der Waals surface area contributed by atoms with Gasteiger partial charge >= 0.3 is 0 Å². The van der Waals surface area contributed by atoms with Gasteiger partial charge in [-0.05, 0) is 155 Å². The van der Waals surface area contributed by atoms with E-state index in [0.29, 0.717) is 0 Å². The Hall–Kier alpha value is -10.5. The molecule has 0 N–H and O–H groups in total. The molecule has 0 aliphatic carbocycles. The molecule has 7 aromatic heterocycles. The van der Waals surface area contributed by atoms with E-state index < -0.39 is 0 Å². The predicted molar refractivity (Wildman–Crippen MR) is 354 cm³/mol. The van der Waals surface area contributed by atoms with Gasteiger partial charge in [0.05, 0.1) is 0 Å². The number of pyridine rings is 3. The lowest BCUT2D eigenvalue weighted by Crippen LogP contribution is -1.84. The first-order valence-electron chi connectivity index (χ1n) is 27.9. The molecule has 0 saturated heterocycles. The minimum absolute atomic E-state index is 0.759. The summed E-state index contributed by atoms with van der Waals surface area (Å²) in [6.45, 7) is 18.0. The van der Waals surface area contributed by atoms with E-state index in [1.54, 1.807) is 49.4 Å². The highest BCUT2D eigenvalue weighted by molar-refractivity contribution is 6.07. The van der Waals surface area contributed by atoms with Crippen LogP contribution in [0.4, 0.5) is 0 Å². The van der Waals surface area contributed by atoms with Crippen LogP contribution in [0.15, 0.2) is 287 Å². The molecular formula is C74H77N11. The Labute approximate surface area is 502 Å². The fourth-order valence-electron chi connectivity index (χ4n) is 7.70. The average molecular weight is 1120 g/mol. The highest BCUT2D eigenvalue weighted by Crippen LogP contribution is 2.27. The number of benzene rings is 7. The van der Waals surface area contributed by atoms with Gasteiger partial charge in [-0.25, -0.2) is 34.9 Å². The molecule has 7 heterocycles. The number of hydrogen-bond acceptors (Lipinski definition) is 10. The van der Waals surface area contributed by atoms with Crippen molar-refractivity contribution in [2.24, 2.45) is 7.05 Å². The van der Waals surface area contributed by atoms with E-state index in [9.17, 15) is 0 Å². The maximum absolute atomic E-state index is 3.98. The molecule has 0 radical (unpaired) electrons. The molecule has 14 rings (SSSR count). The molecule has 0 saturated carbocycles. The summed E-state index contributed by atoms with van der Waals surface area (Å²) in [4.78, 5) is 38.2.